The van der Waals surface area contributed by atoms with E-state index >= 15 is 0 Å². The molecule has 1 amide bonds. The van der Waals surface area contributed by atoms with E-state index in [9.17, 15) is 22.8 Å². The minimum atomic E-state index is -4.40. The molecule has 0 spiro atoms. The van der Waals surface area contributed by atoms with Gasteiger partial charge in [-0.3, -0.25) is 9.59 Å². The van der Waals surface area contributed by atoms with Crippen molar-refractivity contribution in [3.8, 4) is 0 Å². The molecule has 0 atom stereocenters. The molecule has 9 heteroatoms. The number of nitrogens with zero attached hydrogens (tertiary/aromatic N) is 1. The molecule has 1 heterocycles. The summed E-state index contributed by atoms with van der Waals surface area (Å²) in [6, 6.07) is 12.4. The van der Waals surface area contributed by atoms with Gasteiger partial charge in [0.05, 0.1) is 16.8 Å². The number of hydrogen-bond donors (Lipinski definition) is 3. The lowest BCUT2D eigenvalue weighted by molar-refractivity contribution is -0.115. The lowest BCUT2D eigenvalue weighted by Gasteiger charge is -2.14. The van der Waals surface area contributed by atoms with E-state index in [1.807, 2.05) is 0 Å². The van der Waals surface area contributed by atoms with Crippen LogP contribution in [0.15, 0.2) is 53.3 Å². The van der Waals surface area contributed by atoms with Crippen LogP contribution in [0, 0.1) is 0 Å². The van der Waals surface area contributed by atoms with Crippen LogP contribution in [-0.2, 0) is 0 Å². The Bertz CT molecular complexity index is 1010. The smallest absolute Gasteiger partial charge is 0.375 e. The first-order valence-corrected chi connectivity index (χ1v) is 7.53. The zero-order chi connectivity index (χ0) is 18.7. The Morgan fingerprint density at radius 1 is 1.00 bits per heavy atom. The molecule has 134 valence electrons. The highest BCUT2D eigenvalue weighted by atomic mass is 19.4. The molecule has 0 bridgehead atoms. The lowest BCUT2D eigenvalue weighted by atomic mass is 10.1. The molecule has 0 aliphatic heterocycles. The number of carbonyl (C=O) groups is 1. The van der Waals surface area contributed by atoms with Gasteiger partial charge < -0.3 is 10.6 Å². The number of para-hydroxylation sites is 2. The topological polar surface area (TPSA) is 86.9 Å². The molecule has 0 radical (unpaired) electrons. The van der Waals surface area contributed by atoms with E-state index in [-0.39, 0.29) is 22.5 Å². The molecule has 0 aliphatic rings. The molecular formula is C17H13F3N4O2. The van der Waals surface area contributed by atoms with Crippen LogP contribution in [0.3, 0.4) is 0 Å². The number of nitrogens with one attached hydrogen (secondary N) is 3. The highest BCUT2D eigenvalue weighted by Crippen LogP contribution is 2.24. The predicted molar refractivity (Wildman–Crippen MR) is 91.3 cm³/mol. The molecular weight excluding hydrogens is 349 g/mol. The predicted octanol–water partition coefficient (Wildman–Crippen LogP) is 3.15. The molecule has 0 saturated heterocycles. The van der Waals surface area contributed by atoms with Gasteiger partial charge >= 0.3 is 6.18 Å². The number of aromatic nitrogens is 2. The quantitative estimate of drug-likeness (QED) is 0.665. The Morgan fingerprint density at radius 2 is 1.62 bits per heavy atom. The van der Waals surface area contributed by atoms with Gasteiger partial charge in [0.2, 0.25) is 0 Å². The molecule has 6 nitrogen and oxygen atoms in total. The summed E-state index contributed by atoms with van der Waals surface area (Å²) in [6.07, 6.45) is -4.40. The summed E-state index contributed by atoms with van der Waals surface area (Å²) in [5.41, 5.74) is -0.194. The fraction of sp³-hybridized carbons (Fsp3) is 0.118. The van der Waals surface area contributed by atoms with Crippen LogP contribution < -0.4 is 16.2 Å². The number of hydrogen-bond acceptors (Lipinski definition) is 4. The standard InChI is InChI=1S/C17H13F3N4O2/c18-17(19,20)9-21-12-7-3-4-8-13(12)22-16(26)14-10-5-1-2-6-11(10)15(25)24-23-14/h1-8,21H,9H2,(H,22,26)(H,24,25). The second-order valence-corrected chi connectivity index (χ2v) is 5.42. The van der Waals surface area contributed by atoms with Crippen LogP contribution >= 0.6 is 0 Å². The maximum absolute atomic E-state index is 12.5. The molecule has 3 N–H and O–H groups in total. The molecule has 0 fully saturated rings. The molecule has 0 saturated carbocycles. The van der Waals surface area contributed by atoms with Gasteiger partial charge in [-0.05, 0) is 18.2 Å². The van der Waals surface area contributed by atoms with Crippen LogP contribution in [0.25, 0.3) is 10.8 Å². The number of fused-ring (bicyclic) bond motifs is 1. The fourth-order valence-electron chi connectivity index (χ4n) is 2.41. The number of aromatic amines is 1. The largest absolute Gasteiger partial charge is 0.405 e. The number of halogens is 3. The van der Waals surface area contributed by atoms with Gasteiger partial charge in [0, 0.05) is 5.39 Å². The van der Waals surface area contributed by atoms with Crippen molar-refractivity contribution in [2.24, 2.45) is 0 Å². The van der Waals surface area contributed by atoms with Crippen LogP contribution in [0.4, 0.5) is 24.5 Å². The van der Waals surface area contributed by atoms with Crippen LogP contribution in [0.5, 0.6) is 0 Å². The Kier molecular flexibility index (Phi) is 4.61. The first-order valence-electron chi connectivity index (χ1n) is 7.53. The monoisotopic (exact) mass is 362 g/mol. The summed E-state index contributed by atoms with van der Waals surface area (Å²) >= 11 is 0. The van der Waals surface area contributed by atoms with Gasteiger partial charge in [0.15, 0.2) is 5.69 Å². The summed E-state index contributed by atoms with van der Waals surface area (Å²) in [5.74, 6) is -0.654. The molecule has 0 unspecified atom stereocenters. The number of amides is 1. The van der Waals surface area contributed by atoms with Gasteiger partial charge in [0.25, 0.3) is 11.5 Å². The minimum Gasteiger partial charge on any atom is -0.375 e. The summed E-state index contributed by atoms with van der Waals surface area (Å²) in [5, 5.41) is 11.4. The fourth-order valence-corrected chi connectivity index (χ4v) is 2.41. The van der Waals surface area contributed by atoms with Gasteiger partial charge in [-0.15, -0.1) is 0 Å². The summed E-state index contributed by atoms with van der Waals surface area (Å²) in [4.78, 5) is 24.3. The van der Waals surface area contributed by atoms with Crippen LogP contribution in [-0.4, -0.2) is 28.8 Å². The zero-order valence-corrected chi connectivity index (χ0v) is 13.2. The third-order valence-electron chi connectivity index (χ3n) is 3.57. The SMILES string of the molecule is O=C(Nc1ccccc1NCC(F)(F)F)c1n[nH]c(=O)c2ccccc12. The first kappa shape index (κ1) is 17.5. The number of rotatable bonds is 4. The third kappa shape index (κ3) is 3.82. The van der Waals surface area contributed by atoms with E-state index in [0.717, 1.165) is 0 Å². The van der Waals surface area contributed by atoms with Gasteiger partial charge in [0.1, 0.15) is 6.54 Å². The number of alkyl halides is 3. The van der Waals surface area contributed by atoms with Gasteiger partial charge in [-0.2, -0.15) is 18.3 Å². The highest BCUT2D eigenvalue weighted by Gasteiger charge is 2.27. The molecule has 3 aromatic rings. The number of carbonyl (C=O) groups excluding carboxylic acids is 1. The van der Waals surface area contributed by atoms with E-state index < -0.39 is 24.2 Å². The first-order chi connectivity index (χ1) is 12.3. The van der Waals surface area contributed by atoms with Crippen molar-refractivity contribution in [2.75, 3.05) is 17.2 Å². The Hall–Kier alpha value is -3.36. The van der Waals surface area contributed by atoms with Crippen molar-refractivity contribution in [1.29, 1.82) is 0 Å². The zero-order valence-electron chi connectivity index (χ0n) is 13.2. The van der Waals surface area contributed by atoms with E-state index in [0.29, 0.717) is 5.39 Å². The number of H-pyrrole nitrogens is 1. The summed E-state index contributed by atoms with van der Waals surface area (Å²) < 4.78 is 37.3. The third-order valence-corrected chi connectivity index (χ3v) is 3.57. The van der Waals surface area contributed by atoms with Crippen LogP contribution in [0.2, 0.25) is 0 Å². The Labute approximate surface area is 145 Å². The van der Waals surface area contributed by atoms with Crippen LogP contribution in [0.1, 0.15) is 10.5 Å². The van der Waals surface area contributed by atoms with Crippen molar-refractivity contribution >= 4 is 28.1 Å². The molecule has 1 aromatic heterocycles. The molecule has 2 aromatic carbocycles. The Balaban J connectivity index is 1.90. The summed E-state index contributed by atoms with van der Waals surface area (Å²) in [6.45, 7) is -1.24. The lowest BCUT2D eigenvalue weighted by Crippen LogP contribution is -2.23. The van der Waals surface area contributed by atoms with E-state index in [2.05, 4.69) is 20.8 Å². The molecule has 26 heavy (non-hydrogen) atoms. The summed E-state index contributed by atoms with van der Waals surface area (Å²) in [7, 11) is 0. The van der Waals surface area contributed by atoms with E-state index in [1.165, 1.54) is 12.1 Å². The van der Waals surface area contributed by atoms with Crippen molar-refractivity contribution in [2.45, 2.75) is 6.18 Å². The highest BCUT2D eigenvalue weighted by molar-refractivity contribution is 6.11. The number of benzene rings is 2. The van der Waals surface area contributed by atoms with E-state index in [1.54, 1.807) is 36.4 Å². The van der Waals surface area contributed by atoms with Crippen molar-refractivity contribution in [1.82, 2.24) is 10.2 Å². The van der Waals surface area contributed by atoms with Crippen molar-refractivity contribution in [3.63, 3.8) is 0 Å². The minimum absolute atomic E-state index is 0.0363. The second-order valence-electron chi connectivity index (χ2n) is 5.42. The average molecular weight is 362 g/mol. The van der Waals surface area contributed by atoms with Crippen molar-refractivity contribution in [3.05, 3.63) is 64.6 Å². The Morgan fingerprint density at radius 3 is 2.31 bits per heavy atom. The second kappa shape index (κ2) is 6.87. The maximum Gasteiger partial charge on any atom is 0.405 e. The molecule has 3 rings (SSSR count). The maximum atomic E-state index is 12.5. The average Bonchev–Trinajstić information content (AvgIpc) is 2.61. The van der Waals surface area contributed by atoms with Gasteiger partial charge in [-0.25, -0.2) is 5.10 Å². The van der Waals surface area contributed by atoms with Gasteiger partial charge in [-0.1, -0.05) is 30.3 Å². The van der Waals surface area contributed by atoms with E-state index in [4.69, 9.17) is 0 Å². The normalized spacial score (nSPS) is 11.3. The number of anilines is 2. The van der Waals surface area contributed by atoms with Crippen molar-refractivity contribution < 1.29 is 18.0 Å². The molecule has 0 aliphatic carbocycles.